The minimum atomic E-state index is 0.505. The average Bonchev–Trinajstić information content (AvgIpc) is 2.78. The van der Waals surface area contributed by atoms with E-state index in [2.05, 4.69) is 35.8 Å². The van der Waals surface area contributed by atoms with Gasteiger partial charge >= 0.3 is 0 Å². The summed E-state index contributed by atoms with van der Waals surface area (Å²) in [6.07, 6.45) is 5.70. The van der Waals surface area contributed by atoms with Crippen LogP contribution in [0.5, 0.6) is 0 Å². The van der Waals surface area contributed by atoms with E-state index in [1.165, 1.54) is 56.8 Å². The van der Waals surface area contributed by atoms with Crippen molar-refractivity contribution in [1.82, 2.24) is 10.2 Å². The van der Waals surface area contributed by atoms with Gasteiger partial charge < -0.3 is 5.32 Å². The molecule has 0 aromatic carbocycles. The van der Waals surface area contributed by atoms with Gasteiger partial charge in [-0.25, -0.2) is 0 Å². The molecule has 0 aromatic rings. The lowest BCUT2D eigenvalue weighted by atomic mass is 9.94. The summed E-state index contributed by atoms with van der Waals surface area (Å²) < 4.78 is 0. The molecule has 2 nitrogen and oxygen atoms in total. The predicted octanol–water partition coefficient (Wildman–Crippen LogP) is 2.35. The molecule has 2 aliphatic rings. The first kappa shape index (κ1) is 12.7. The molecule has 0 amide bonds. The molecule has 1 saturated carbocycles. The Labute approximate surface area is 105 Å². The fraction of sp³-hybridized carbons (Fsp3) is 1.00. The molecule has 3 heteroatoms. The third kappa shape index (κ3) is 2.93. The van der Waals surface area contributed by atoms with Crippen LogP contribution in [0.1, 0.15) is 39.5 Å². The van der Waals surface area contributed by atoms with Crippen molar-refractivity contribution >= 4 is 11.8 Å². The zero-order valence-electron chi connectivity index (χ0n) is 10.8. The van der Waals surface area contributed by atoms with Crippen molar-refractivity contribution in [3.05, 3.63) is 0 Å². The van der Waals surface area contributed by atoms with Crippen LogP contribution < -0.4 is 5.32 Å². The van der Waals surface area contributed by atoms with Gasteiger partial charge in [0.05, 0.1) is 0 Å². The summed E-state index contributed by atoms with van der Waals surface area (Å²) in [6.45, 7) is 8.34. The van der Waals surface area contributed by atoms with Gasteiger partial charge in [0.15, 0.2) is 0 Å². The number of nitrogens with zero attached hydrogens (tertiary/aromatic N) is 1. The minimum Gasteiger partial charge on any atom is -0.313 e. The van der Waals surface area contributed by atoms with E-state index < -0.39 is 0 Å². The lowest BCUT2D eigenvalue weighted by Gasteiger charge is -2.44. The number of hydrogen-bond acceptors (Lipinski definition) is 3. The van der Waals surface area contributed by atoms with E-state index in [1.54, 1.807) is 0 Å². The Morgan fingerprint density at radius 2 is 1.81 bits per heavy atom. The van der Waals surface area contributed by atoms with E-state index >= 15 is 0 Å². The molecule has 1 aliphatic carbocycles. The van der Waals surface area contributed by atoms with Gasteiger partial charge in [0.25, 0.3) is 0 Å². The van der Waals surface area contributed by atoms with Crippen molar-refractivity contribution in [2.45, 2.75) is 51.1 Å². The zero-order chi connectivity index (χ0) is 11.4. The number of hydrogen-bond donors (Lipinski definition) is 1. The van der Waals surface area contributed by atoms with E-state index in [9.17, 15) is 0 Å². The van der Waals surface area contributed by atoms with Crippen molar-refractivity contribution in [2.75, 3.05) is 31.1 Å². The molecule has 0 radical (unpaired) electrons. The summed E-state index contributed by atoms with van der Waals surface area (Å²) in [4.78, 5) is 2.78. The first-order valence-corrected chi connectivity index (χ1v) is 7.95. The van der Waals surface area contributed by atoms with Crippen molar-refractivity contribution in [1.29, 1.82) is 0 Å². The van der Waals surface area contributed by atoms with E-state index in [-0.39, 0.29) is 0 Å². The summed E-state index contributed by atoms with van der Waals surface area (Å²) >= 11 is 2.12. The largest absolute Gasteiger partial charge is 0.313 e. The molecule has 0 bridgehead atoms. The van der Waals surface area contributed by atoms with Crippen LogP contribution in [0.3, 0.4) is 0 Å². The summed E-state index contributed by atoms with van der Waals surface area (Å²) in [5, 5.41) is 3.68. The molecule has 94 valence electrons. The standard InChI is InChI=1S/C13H26N2S/c1-12(2)14-11-13(5-3-4-6-13)15-7-9-16-10-8-15/h12,14H,3-11H2,1-2H3. The second-order valence-corrected chi connectivity index (χ2v) is 6.79. The van der Waals surface area contributed by atoms with Crippen molar-refractivity contribution in [3.8, 4) is 0 Å². The quantitative estimate of drug-likeness (QED) is 0.815. The van der Waals surface area contributed by atoms with Crippen LogP contribution in [-0.4, -0.2) is 47.6 Å². The highest BCUT2D eigenvalue weighted by atomic mass is 32.2. The van der Waals surface area contributed by atoms with Gasteiger partial charge in [-0.1, -0.05) is 26.7 Å². The summed E-state index contributed by atoms with van der Waals surface area (Å²) in [5.41, 5.74) is 0.505. The van der Waals surface area contributed by atoms with Gasteiger partial charge in [0.1, 0.15) is 0 Å². The maximum Gasteiger partial charge on any atom is 0.0334 e. The third-order valence-electron chi connectivity index (χ3n) is 4.06. The van der Waals surface area contributed by atoms with Crippen LogP contribution in [0.15, 0.2) is 0 Å². The Morgan fingerprint density at radius 1 is 1.19 bits per heavy atom. The Balaban J connectivity index is 1.96. The fourth-order valence-electron chi connectivity index (χ4n) is 3.07. The van der Waals surface area contributed by atoms with Crippen LogP contribution in [-0.2, 0) is 0 Å². The summed E-state index contributed by atoms with van der Waals surface area (Å²) in [7, 11) is 0. The maximum atomic E-state index is 3.68. The average molecular weight is 242 g/mol. The highest BCUT2D eigenvalue weighted by molar-refractivity contribution is 7.99. The van der Waals surface area contributed by atoms with Gasteiger partial charge in [0.2, 0.25) is 0 Å². The fourth-order valence-corrected chi connectivity index (χ4v) is 3.97. The van der Waals surface area contributed by atoms with Gasteiger partial charge in [-0.15, -0.1) is 0 Å². The van der Waals surface area contributed by atoms with Crippen molar-refractivity contribution < 1.29 is 0 Å². The molecule has 0 spiro atoms. The second kappa shape index (κ2) is 5.74. The van der Waals surface area contributed by atoms with Crippen LogP contribution in [0.4, 0.5) is 0 Å². The van der Waals surface area contributed by atoms with Crippen LogP contribution >= 0.6 is 11.8 Å². The molecule has 16 heavy (non-hydrogen) atoms. The predicted molar refractivity (Wildman–Crippen MR) is 73.2 cm³/mol. The first-order valence-electron chi connectivity index (χ1n) is 6.79. The van der Waals surface area contributed by atoms with Crippen LogP contribution in [0, 0.1) is 0 Å². The highest BCUT2D eigenvalue weighted by Crippen LogP contribution is 2.36. The van der Waals surface area contributed by atoms with E-state index in [4.69, 9.17) is 0 Å². The highest BCUT2D eigenvalue weighted by Gasteiger charge is 2.39. The monoisotopic (exact) mass is 242 g/mol. The SMILES string of the molecule is CC(C)NCC1(N2CCSCC2)CCCC1. The van der Waals surface area contributed by atoms with Crippen molar-refractivity contribution in [2.24, 2.45) is 0 Å². The summed E-state index contributed by atoms with van der Waals surface area (Å²) in [6, 6.07) is 0.622. The third-order valence-corrected chi connectivity index (χ3v) is 5.00. The van der Waals surface area contributed by atoms with E-state index in [0.717, 1.165) is 0 Å². The molecule has 1 N–H and O–H groups in total. The number of nitrogens with one attached hydrogen (secondary N) is 1. The lowest BCUT2D eigenvalue weighted by Crippen LogP contribution is -2.56. The summed E-state index contributed by atoms with van der Waals surface area (Å²) in [5.74, 6) is 2.67. The van der Waals surface area contributed by atoms with Crippen LogP contribution in [0.25, 0.3) is 0 Å². The molecule has 0 atom stereocenters. The topological polar surface area (TPSA) is 15.3 Å². The molecular formula is C13H26N2S. The number of rotatable bonds is 4. The smallest absolute Gasteiger partial charge is 0.0334 e. The molecular weight excluding hydrogens is 216 g/mol. The van der Waals surface area contributed by atoms with Gasteiger partial charge in [-0.3, -0.25) is 4.90 Å². The molecule has 2 rings (SSSR count). The van der Waals surface area contributed by atoms with Gasteiger partial charge in [-0.2, -0.15) is 11.8 Å². The Kier molecular flexibility index (Phi) is 4.57. The Bertz CT molecular complexity index is 206. The normalized spacial score (nSPS) is 26.4. The second-order valence-electron chi connectivity index (χ2n) is 5.57. The zero-order valence-corrected chi connectivity index (χ0v) is 11.6. The molecule has 2 fully saturated rings. The molecule has 1 heterocycles. The molecule has 1 saturated heterocycles. The van der Waals surface area contributed by atoms with E-state index in [1.807, 2.05) is 0 Å². The first-order chi connectivity index (χ1) is 7.73. The minimum absolute atomic E-state index is 0.505. The number of thioether (sulfide) groups is 1. The Morgan fingerprint density at radius 3 is 2.38 bits per heavy atom. The lowest BCUT2D eigenvalue weighted by molar-refractivity contribution is 0.100. The molecule has 0 aromatic heterocycles. The molecule has 1 aliphatic heterocycles. The Hall–Kier alpha value is 0.270. The van der Waals surface area contributed by atoms with Gasteiger partial charge in [0, 0.05) is 42.7 Å². The van der Waals surface area contributed by atoms with E-state index in [0.29, 0.717) is 11.6 Å². The maximum absolute atomic E-state index is 3.68. The van der Waals surface area contributed by atoms with Crippen molar-refractivity contribution in [3.63, 3.8) is 0 Å². The molecule has 0 unspecified atom stereocenters. The van der Waals surface area contributed by atoms with Gasteiger partial charge in [-0.05, 0) is 12.8 Å². The van der Waals surface area contributed by atoms with Crippen LogP contribution in [0.2, 0.25) is 0 Å².